The number of aromatic nitrogens is 3. The molecule has 4 aromatic rings. The Balaban J connectivity index is 1.48. The van der Waals surface area contributed by atoms with Crippen molar-refractivity contribution in [3.8, 4) is 11.5 Å². The van der Waals surface area contributed by atoms with Crippen LogP contribution in [0, 0.1) is 11.6 Å². The van der Waals surface area contributed by atoms with Crippen molar-refractivity contribution < 1.29 is 17.9 Å². The van der Waals surface area contributed by atoms with Crippen molar-refractivity contribution in [2.45, 2.75) is 58.7 Å². The first-order valence-electron chi connectivity index (χ1n) is 14.6. The van der Waals surface area contributed by atoms with Crippen molar-refractivity contribution in [1.82, 2.24) is 24.0 Å². The molecule has 220 valence electrons. The molecule has 2 aromatic heterocycles. The summed E-state index contributed by atoms with van der Waals surface area (Å²) in [4.78, 5) is 13.3. The molecule has 3 aliphatic rings. The van der Waals surface area contributed by atoms with Crippen LogP contribution in [0.4, 0.5) is 18.8 Å². The molecule has 0 radical (unpaired) electrons. The standard InChI is InChI=1S/C32H32BF3N6O/c1-5-6-19(2)28-18-39-29-12-11-26-30(21-7-9-24(10-8-21)38-20(3)43)27-13-14-32(4,42(27)33(36)40(26)29)37-17-22-15-23(34)16-25(35)31(22)41(28)39/h7-16,18-19,37H,5-6,17H2,1-4H3,(H,38,43). The maximum atomic E-state index is 17.0. The van der Waals surface area contributed by atoms with E-state index in [1.807, 2.05) is 61.7 Å². The second-order valence-corrected chi connectivity index (χ2v) is 11.8. The lowest BCUT2D eigenvalue weighted by Gasteiger charge is -2.42. The van der Waals surface area contributed by atoms with Crippen molar-refractivity contribution >= 4 is 24.4 Å². The summed E-state index contributed by atoms with van der Waals surface area (Å²) < 4.78 is 52.6. The minimum Gasteiger partial charge on any atom is -0.344 e. The van der Waals surface area contributed by atoms with Crippen molar-refractivity contribution in [2.24, 2.45) is 0 Å². The Labute approximate surface area is 248 Å². The Morgan fingerprint density at radius 3 is 2.65 bits per heavy atom. The highest BCUT2D eigenvalue weighted by molar-refractivity contribution is 6.49. The van der Waals surface area contributed by atoms with Gasteiger partial charge in [0.25, 0.3) is 0 Å². The highest BCUT2D eigenvalue weighted by atomic mass is 19.1. The molecule has 43 heavy (non-hydrogen) atoms. The van der Waals surface area contributed by atoms with Crippen LogP contribution in [0.2, 0.25) is 0 Å². The van der Waals surface area contributed by atoms with Crippen LogP contribution in [0.3, 0.4) is 0 Å². The maximum absolute atomic E-state index is 17.0. The van der Waals surface area contributed by atoms with E-state index in [1.165, 1.54) is 13.0 Å². The van der Waals surface area contributed by atoms with Crippen LogP contribution in [0.1, 0.15) is 69.0 Å². The number of amides is 1. The topological polar surface area (TPSA) is 59.2 Å². The van der Waals surface area contributed by atoms with Gasteiger partial charge in [0.05, 0.1) is 11.9 Å². The van der Waals surface area contributed by atoms with Crippen LogP contribution in [-0.2, 0) is 11.3 Å². The molecule has 0 saturated heterocycles. The summed E-state index contributed by atoms with van der Waals surface area (Å²) in [6.45, 7) is 7.61. The molecule has 11 heteroatoms. The second kappa shape index (κ2) is 9.84. The molecule has 0 aliphatic carbocycles. The van der Waals surface area contributed by atoms with E-state index in [0.717, 1.165) is 35.7 Å². The van der Waals surface area contributed by atoms with E-state index in [-0.39, 0.29) is 24.1 Å². The largest absolute Gasteiger partial charge is 0.595 e. The summed E-state index contributed by atoms with van der Waals surface area (Å²) in [5.74, 6) is -0.891. The predicted molar refractivity (Wildman–Crippen MR) is 162 cm³/mol. The third-order valence-corrected chi connectivity index (χ3v) is 8.79. The van der Waals surface area contributed by atoms with Gasteiger partial charge in [-0.25, -0.2) is 18.1 Å². The van der Waals surface area contributed by atoms with Gasteiger partial charge in [0, 0.05) is 42.2 Å². The van der Waals surface area contributed by atoms with Gasteiger partial charge >= 0.3 is 7.26 Å². The van der Waals surface area contributed by atoms with E-state index in [1.54, 1.807) is 18.7 Å². The van der Waals surface area contributed by atoms with E-state index in [4.69, 9.17) is 0 Å². The minimum atomic E-state index is -1.60. The number of benzene rings is 2. The van der Waals surface area contributed by atoms with E-state index in [9.17, 15) is 9.18 Å². The monoisotopic (exact) mass is 584 g/mol. The lowest BCUT2D eigenvalue weighted by Crippen LogP contribution is -2.60. The molecule has 1 amide bonds. The van der Waals surface area contributed by atoms with Crippen LogP contribution in [0.15, 0.2) is 72.6 Å². The average Bonchev–Trinajstić information content (AvgIpc) is 3.51. The number of carbonyl (C=O) groups is 1. The molecular weight excluding hydrogens is 552 g/mol. The summed E-state index contributed by atoms with van der Waals surface area (Å²) in [6.07, 6.45) is 7.53. The molecule has 0 spiro atoms. The SMILES string of the molecule is CCCC(C)c1cn2n1-c1c(F)cc(F)cc1CNC1(C)C=CC3=C(c4ccc(NC(C)=O)cc4)c4ccc-2n4B(F)N31. The zero-order valence-corrected chi connectivity index (χ0v) is 24.5. The van der Waals surface area contributed by atoms with Crippen LogP contribution < -0.4 is 10.6 Å². The van der Waals surface area contributed by atoms with Gasteiger partial charge in [-0.3, -0.25) is 14.4 Å². The van der Waals surface area contributed by atoms with Crippen LogP contribution in [0.25, 0.3) is 17.1 Å². The fraction of sp³-hybridized carbons (Fsp3) is 0.281. The number of nitrogens with zero attached hydrogens (tertiary/aromatic N) is 4. The maximum Gasteiger partial charge on any atom is 0.595 e. The third-order valence-electron chi connectivity index (χ3n) is 8.79. The van der Waals surface area contributed by atoms with E-state index in [2.05, 4.69) is 24.5 Å². The van der Waals surface area contributed by atoms with Crippen LogP contribution in [0.5, 0.6) is 0 Å². The Kier molecular flexibility index (Phi) is 6.28. The van der Waals surface area contributed by atoms with Gasteiger partial charge in [-0.05, 0) is 72.9 Å². The minimum absolute atomic E-state index is 0.0985. The molecule has 2 atom stereocenters. The second-order valence-electron chi connectivity index (χ2n) is 11.8. The molecule has 7 rings (SSSR count). The summed E-state index contributed by atoms with van der Waals surface area (Å²) >= 11 is 0. The molecule has 5 heterocycles. The van der Waals surface area contributed by atoms with Crippen molar-refractivity contribution in [3.05, 3.63) is 107 Å². The Hall–Kier alpha value is -4.38. The number of halogens is 3. The van der Waals surface area contributed by atoms with E-state index >= 15 is 8.71 Å². The zero-order chi connectivity index (χ0) is 30.2. The van der Waals surface area contributed by atoms with Gasteiger partial charge in [0.1, 0.15) is 23.0 Å². The van der Waals surface area contributed by atoms with Gasteiger partial charge in [-0.1, -0.05) is 32.4 Å². The molecule has 2 bridgehead atoms. The first-order chi connectivity index (χ1) is 20.6. The number of carbonyl (C=O) groups excluding carboxylic acids is 1. The van der Waals surface area contributed by atoms with Crippen LogP contribution in [-0.4, -0.2) is 37.5 Å². The smallest absolute Gasteiger partial charge is 0.344 e. The zero-order valence-electron chi connectivity index (χ0n) is 24.5. The fourth-order valence-electron chi connectivity index (χ4n) is 6.75. The van der Waals surface area contributed by atoms with Gasteiger partial charge in [0.15, 0.2) is 5.82 Å². The number of rotatable bonds is 5. The Morgan fingerprint density at radius 2 is 1.93 bits per heavy atom. The molecule has 3 aliphatic heterocycles. The summed E-state index contributed by atoms with van der Waals surface area (Å²) in [5.41, 5.74) is 4.24. The molecule has 7 nitrogen and oxygen atoms in total. The molecule has 0 saturated carbocycles. The quantitative estimate of drug-likeness (QED) is 0.264. The first kappa shape index (κ1) is 27.5. The molecule has 2 aromatic carbocycles. The first-order valence-corrected chi connectivity index (χ1v) is 14.6. The predicted octanol–water partition coefficient (Wildman–Crippen LogP) is 6.48. The summed E-state index contributed by atoms with van der Waals surface area (Å²) in [5, 5.41) is 6.21. The highest BCUT2D eigenvalue weighted by Crippen LogP contribution is 2.45. The molecule has 2 unspecified atom stereocenters. The van der Waals surface area contributed by atoms with Crippen molar-refractivity contribution in [3.63, 3.8) is 0 Å². The lowest BCUT2D eigenvalue weighted by atomic mass is 9.86. The summed E-state index contributed by atoms with van der Waals surface area (Å²) in [6, 6.07) is 13.4. The average molecular weight is 584 g/mol. The highest BCUT2D eigenvalue weighted by Gasteiger charge is 2.50. The molecule has 0 fully saturated rings. The van der Waals surface area contributed by atoms with Gasteiger partial charge in [-0.15, -0.1) is 0 Å². The van der Waals surface area contributed by atoms with E-state index in [0.29, 0.717) is 28.5 Å². The number of anilines is 1. The van der Waals surface area contributed by atoms with Crippen LogP contribution >= 0.6 is 0 Å². The number of hydrogen-bond donors (Lipinski definition) is 2. The number of fused-ring (bicyclic) bond motifs is 4. The van der Waals surface area contributed by atoms with Gasteiger partial charge in [-0.2, -0.15) is 0 Å². The number of hydrogen-bond acceptors (Lipinski definition) is 3. The van der Waals surface area contributed by atoms with Gasteiger partial charge < -0.3 is 14.6 Å². The summed E-state index contributed by atoms with van der Waals surface area (Å²) in [7, 11) is -1.60. The van der Waals surface area contributed by atoms with E-state index < -0.39 is 24.6 Å². The van der Waals surface area contributed by atoms with Crippen molar-refractivity contribution in [1.29, 1.82) is 0 Å². The Morgan fingerprint density at radius 1 is 1.16 bits per heavy atom. The molecular formula is C32H32BF3N6O. The van der Waals surface area contributed by atoms with Gasteiger partial charge in [0.2, 0.25) is 5.91 Å². The fourth-order valence-corrected chi connectivity index (χ4v) is 6.75. The number of allylic oxidation sites excluding steroid dienone is 1. The lowest BCUT2D eigenvalue weighted by molar-refractivity contribution is -0.114. The number of nitrogens with one attached hydrogen (secondary N) is 2. The Bertz CT molecular complexity index is 1830. The normalized spacial score (nSPS) is 19.3. The molecule has 2 N–H and O–H groups in total. The van der Waals surface area contributed by atoms with Crippen molar-refractivity contribution in [2.75, 3.05) is 5.32 Å². The third kappa shape index (κ3) is 4.12.